The summed E-state index contributed by atoms with van der Waals surface area (Å²) in [5, 5.41) is 2.92. The normalized spacial score (nSPS) is 11.2. The third-order valence-electron chi connectivity index (χ3n) is 4.94. The highest BCUT2D eigenvalue weighted by atomic mass is 19.1. The summed E-state index contributed by atoms with van der Waals surface area (Å²) in [6, 6.07) is 11.2. The van der Waals surface area contributed by atoms with E-state index in [-0.39, 0.29) is 17.8 Å². The molecule has 0 bridgehead atoms. The van der Waals surface area contributed by atoms with Crippen molar-refractivity contribution in [3.8, 4) is 17.1 Å². The summed E-state index contributed by atoms with van der Waals surface area (Å²) in [4.78, 5) is 26.0. The zero-order valence-corrected chi connectivity index (χ0v) is 18.2. The van der Waals surface area contributed by atoms with Gasteiger partial charge in [-0.2, -0.15) is 0 Å². The van der Waals surface area contributed by atoms with Crippen molar-refractivity contribution in [2.75, 3.05) is 6.54 Å². The fraction of sp³-hybridized carbons (Fsp3) is 0.250. The summed E-state index contributed by atoms with van der Waals surface area (Å²) >= 11 is 0. The Hall–Kier alpha value is -3.81. The molecule has 0 unspecified atom stereocenters. The molecule has 4 rings (SSSR count). The quantitative estimate of drug-likeness (QED) is 0.478. The summed E-state index contributed by atoms with van der Waals surface area (Å²) in [7, 11) is 1.92. The van der Waals surface area contributed by atoms with Gasteiger partial charge in [0, 0.05) is 43.0 Å². The Kier molecular flexibility index (Phi) is 6.11. The maximum absolute atomic E-state index is 13.4. The molecular formula is C24H24FN5O2. The predicted molar refractivity (Wildman–Crippen MR) is 120 cm³/mol. The number of rotatable bonds is 7. The maximum Gasteiger partial charge on any atom is 0.251 e. The summed E-state index contributed by atoms with van der Waals surface area (Å²) in [6.45, 7) is 4.29. The van der Waals surface area contributed by atoms with Gasteiger partial charge in [-0.3, -0.25) is 4.79 Å². The molecule has 0 aliphatic heterocycles. The lowest BCUT2D eigenvalue weighted by molar-refractivity contribution is 0.0954. The molecule has 32 heavy (non-hydrogen) atoms. The molecule has 0 saturated heterocycles. The number of aromatic nitrogens is 4. The van der Waals surface area contributed by atoms with E-state index in [0.717, 1.165) is 5.69 Å². The van der Waals surface area contributed by atoms with Crippen molar-refractivity contribution in [1.82, 2.24) is 24.8 Å². The van der Waals surface area contributed by atoms with E-state index in [1.165, 1.54) is 12.1 Å². The summed E-state index contributed by atoms with van der Waals surface area (Å²) < 4.78 is 21.2. The van der Waals surface area contributed by atoms with E-state index in [4.69, 9.17) is 9.72 Å². The van der Waals surface area contributed by atoms with Crippen LogP contribution in [0.25, 0.3) is 22.3 Å². The molecule has 0 spiro atoms. The first-order chi connectivity index (χ1) is 15.4. The number of carbonyl (C=O) groups is 1. The van der Waals surface area contributed by atoms with E-state index in [1.54, 1.807) is 42.9 Å². The van der Waals surface area contributed by atoms with Gasteiger partial charge in [-0.05, 0) is 56.3 Å². The van der Waals surface area contributed by atoms with Crippen LogP contribution in [0, 0.1) is 5.82 Å². The smallest absolute Gasteiger partial charge is 0.251 e. The van der Waals surface area contributed by atoms with Crippen molar-refractivity contribution in [3.05, 3.63) is 72.1 Å². The van der Waals surface area contributed by atoms with E-state index in [0.29, 0.717) is 46.7 Å². The van der Waals surface area contributed by atoms with E-state index in [1.807, 2.05) is 25.5 Å². The fourth-order valence-electron chi connectivity index (χ4n) is 3.31. The van der Waals surface area contributed by atoms with Gasteiger partial charge in [-0.1, -0.05) is 0 Å². The van der Waals surface area contributed by atoms with Crippen LogP contribution in [0.2, 0.25) is 0 Å². The fourth-order valence-corrected chi connectivity index (χ4v) is 3.31. The first-order valence-corrected chi connectivity index (χ1v) is 10.4. The van der Waals surface area contributed by atoms with Gasteiger partial charge in [0.05, 0.1) is 23.5 Å². The number of amides is 1. The van der Waals surface area contributed by atoms with Crippen molar-refractivity contribution in [2.24, 2.45) is 7.05 Å². The highest BCUT2D eigenvalue weighted by molar-refractivity contribution is 5.97. The van der Waals surface area contributed by atoms with Crippen LogP contribution in [0.3, 0.4) is 0 Å². The molecule has 0 fully saturated rings. The average molecular weight is 433 g/mol. The van der Waals surface area contributed by atoms with Crippen LogP contribution in [-0.4, -0.2) is 38.1 Å². The molecule has 0 saturated carbocycles. The molecule has 0 atom stereocenters. The molecule has 8 heteroatoms. The Morgan fingerprint density at radius 3 is 2.59 bits per heavy atom. The first-order valence-electron chi connectivity index (χ1n) is 10.4. The zero-order valence-electron chi connectivity index (χ0n) is 18.2. The van der Waals surface area contributed by atoms with Crippen LogP contribution in [0.15, 0.2) is 55.0 Å². The maximum atomic E-state index is 13.4. The van der Waals surface area contributed by atoms with E-state index in [2.05, 4.69) is 15.3 Å². The number of benzene rings is 2. The molecule has 7 nitrogen and oxygen atoms in total. The van der Waals surface area contributed by atoms with E-state index in [9.17, 15) is 9.18 Å². The number of fused-ring (bicyclic) bond motifs is 1. The van der Waals surface area contributed by atoms with Crippen molar-refractivity contribution < 1.29 is 13.9 Å². The van der Waals surface area contributed by atoms with Gasteiger partial charge >= 0.3 is 0 Å². The second-order valence-corrected chi connectivity index (χ2v) is 7.76. The summed E-state index contributed by atoms with van der Waals surface area (Å²) in [5.74, 6) is -0.159. The van der Waals surface area contributed by atoms with Crippen LogP contribution in [0.4, 0.5) is 4.39 Å². The second-order valence-electron chi connectivity index (χ2n) is 7.76. The Balaban J connectivity index is 1.61. The molecule has 164 valence electrons. The third-order valence-corrected chi connectivity index (χ3v) is 4.94. The number of aryl methyl sites for hydroxylation is 1. The van der Waals surface area contributed by atoms with Crippen molar-refractivity contribution in [3.63, 3.8) is 0 Å². The Labute approximate surface area is 185 Å². The summed E-state index contributed by atoms with van der Waals surface area (Å²) in [5.41, 5.74) is 3.87. The van der Waals surface area contributed by atoms with Gasteiger partial charge < -0.3 is 14.6 Å². The SMILES string of the molecule is CC(C)Oc1nc2ccc(C(=O)NCCc3cncn3C)cc2nc1-c1ccc(F)cc1. The monoisotopic (exact) mass is 433 g/mol. The van der Waals surface area contributed by atoms with Gasteiger partial charge in [0.15, 0.2) is 0 Å². The minimum absolute atomic E-state index is 0.106. The highest BCUT2D eigenvalue weighted by Crippen LogP contribution is 2.30. The molecule has 0 aliphatic carbocycles. The van der Waals surface area contributed by atoms with Crippen LogP contribution in [0.1, 0.15) is 29.9 Å². The highest BCUT2D eigenvalue weighted by Gasteiger charge is 2.16. The average Bonchev–Trinajstić information content (AvgIpc) is 3.18. The lowest BCUT2D eigenvalue weighted by atomic mass is 10.1. The molecule has 2 heterocycles. The molecule has 1 N–H and O–H groups in total. The van der Waals surface area contributed by atoms with E-state index >= 15 is 0 Å². The number of hydrogen-bond acceptors (Lipinski definition) is 5. The van der Waals surface area contributed by atoms with Crippen LogP contribution in [0.5, 0.6) is 5.88 Å². The molecule has 0 aliphatic rings. The zero-order chi connectivity index (χ0) is 22.7. The van der Waals surface area contributed by atoms with Gasteiger partial charge in [0.25, 0.3) is 5.91 Å². The molecule has 4 aromatic rings. The Bertz CT molecular complexity index is 1250. The molecule has 2 aromatic carbocycles. The van der Waals surface area contributed by atoms with Crippen LogP contribution in [-0.2, 0) is 13.5 Å². The number of halogens is 1. The van der Waals surface area contributed by atoms with Crippen molar-refractivity contribution in [1.29, 1.82) is 0 Å². The van der Waals surface area contributed by atoms with Crippen molar-refractivity contribution >= 4 is 16.9 Å². The van der Waals surface area contributed by atoms with Gasteiger partial charge in [0.2, 0.25) is 5.88 Å². The molecular weight excluding hydrogens is 409 g/mol. The Morgan fingerprint density at radius 2 is 1.91 bits per heavy atom. The number of nitrogens with one attached hydrogen (secondary N) is 1. The van der Waals surface area contributed by atoms with Gasteiger partial charge in [-0.15, -0.1) is 0 Å². The number of imidazole rings is 1. The van der Waals surface area contributed by atoms with Crippen LogP contribution < -0.4 is 10.1 Å². The van der Waals surface area contributed by atoms with Crippen molar-refractivity contribution in [2.45, 2.75) is 26.4 Å². The standard InChI is InChI=1S/C24H24FN5O2/c1-15(2)32-24-22(16-4-7-18(25)8-5-16)28-21-12-17(6-9-20(21)29-24)23(31)27-11-10-19-13-26-14-30(19)3/h4-9,12-15H,10-11H2,1-3H3,(H,27,31). The largest absolute Gasteiger partial charge is 0.473 e. The third kappa shape index (κ3) is 4.74. The number of carbonyl (C=O) groups excluding carboxylic acids is 1. The minimum atomic E-state index is -0.334. The van der Waals surface area contributed by atoms with Gasteiger partial charge in [0.1, 0.15) is 11.5 Å². The lowest BCUT2D eigenvalue weighted by Gasteiger charge is -2.14. The number of hydrogen-bond donors (Lipinski definition) is 1. The minimum Gasteiger partial charge on any atom is -0.473 e. The van der Waals surface area contributed by atoms with E-state index < -0.39 is 0 Å². The predicted octanol–water partition coefficient (Wildman–Crippen LogP) is 3.93. The molecule has 0 radical (unpaired) electrons. The number of ether oxygens (including phenoxy) is 1. The summed E-state index contributed by atoms with van der Waals surface area (Å²) in [6.07, 6.45) is 4.09. The second kappa shape index (κ2) is 9.13. The van der Waals surface area contributed by atoms with Crippen LogP contribution >= 0.6 is 0 Å². The Morgan fingerprint density at radius 1 is 1.12 bits per heavy atom. The first kappa shape index (κ1) is 21.4. The molecule has 1 amide bonds. The topological polar surface area (TPSA) is 81.9 Å². The van der Waals surface area contributed by atoms with Gasteiger partial charge in [-0.25, -0.2) is 19.3 Å². The number of nitrogens with zero attached hydrogens (tertiary/aromatic N) is 4. The molecule has 2 aromatic heterocycles. The lowest BCUT2D eigenvalue weighted by Crippen LogP contribution is -2.26.